The summed E-state index contributed by atoms with van der Waals surface area (Å²) in [4.78, 5) is 23.5. The molecule has 2 rings (SSSR count). The van der Waals surface area contributed by atoms with Crippen LogP contribution in [-0.2, 0) is 9.53 Å². The molecule has 0 saturated carbocycles. The molecule has 6 heteroatoms. The Morgan fingerprint density at radius 2 is 1.75 bits per heavy atom. The van der Waals surface area contributed by atoms with Gasteiger partial charge in [-0.2, -0.15) is 0 Å². The number of unbranched alkanes of at least 4 members (excludes halogenated alkanes) is 3. The number of hydrogen-bond donors (Lipinski definition) is 2. The van der Waals surface area contributed by atoms with Crippen LogP contribution in [0.5, 0.6) is 5.75 Å². The second-order valence-electron chi connectivity index (χ2n) is 6.41. The van der Waals surface area contributed by atoms with Crippen LogP contribution in [0.3, 0.4) is 0 Å². The van der Waals surface area contributed by atoms with Gasteiger partial charge in [0.2, 0.25) is 5.91 Å². The molecule has 0 radical (unpaired) electrons. The van der Waals surface area contributed by atoms with Crippen LogP contribution in [0.4, 0.5) is 11.4 Å². The molecular formula is C22H28N2O4. The number of ether oxygens (including phenoxy) is 2. The van der Waals surface area contributed by atoms with E-state index in [1.165, 1.54) is 26.4 Å². The predicted molar refractivity (Wildman–Crippen MR) is 111 cm³/mol. The summed E-state index contributed by atoms with van der Waals surface area (Å²) in [6, 6.07) is 14.1. The molecule has 0 unspecified atom stereocenters. The average Bonchev–Trinajstić information content (AvgIpc) is 2.72. The quantitative estimate of drug-likeness (QED) is 0.441. The third-order valence-corrected chi connectivity index (χ3v) is 4.14. The molecule has 6 nitrogen and oxygen atoms in total. The van der Waals surface area contributed by atoms with Crippen molar-refractivity contribution in [3.8, 4) is 5.75 Å². The lowest BCUT2D eigenvalue weighted by molar-refractivity contribution is -0.114. The highest BCUT2D eigenvalue weighted by atomic mass is 16.5. The number of hydrogen-bond acceptors (Lipinski definition) is 5. The van der Waals surface area contributed by atoms with Crippen LogP contribution in [0, 0.1) is 0 Å². The maximum Gasteiger partial charge on any atom is 0.337 e. The van der Waals surface area contributed by atoms with Gasteiger partial charge in [0.1, 0.15) is 5.75 Å². The molecule has 2 N–H and O–H groups in total. The number of benzene rings is 2. The van der Waals surface area contributed by atoms with E-state index in [-0.39, 0.29) is 12.5 Å². The van der Waals surface area contributed by atoms with E-state index in [9.17, 15) is 9.59 Å². The molecule has 0 saturated heterocycles. The lowest BCUT2D eigenvalue weighted by Gasteiger charge is -2.10. The van der Waals surface area contributed by atoms with Crippen molar-refractivity contribution in [2.75, 3.05) is 30.9 Å². The van der Waals surface area contributed by atoms with E-state index in [2.05, 4.69) is 22.3 Å². The summed E-state index contributed by atoms with van der Waals surface area (Å²) in [6.07, 6.45) is 4.65. The number of carbonyl (C=O) groups excluding carboxylic acids is 2. The lowest BCUT2D eigenvalue weighted by Crippen LogP contribution is -2.21. The Morgan fingerprint density at radius 3 is 2.46 bits per heavy atom. The standard InChI is InChI=1S/C22H28N2O4/c1-3-4-5-6-14-28-20-9-7-8-19(15-20)23-16-21(25)24-18-12-10-17(11-13-18)22(26)27-2/h7-13,15,23H,3-6,14,16H2,1-2H3,(H,24,25). The van der Waals surface area contributed by atoms with Gasteiger partial charge < -0.3 is 20.1 Å². The Balaban J connectivity index is 1.77. The number of amides is 1. The fraction of sp³-hybridized carbons (Fsp3) is 0.364. The number of nitrogens with one attached hydrogen (secondary N) is 2. The van der Waals surface area contributed by atoms with Crippen molar-refractivity contribution < 1.29 is 19.1 Å². The van der Waals surface area contributed by atoms with Gasteiger partial charge in [0.25, 0.3) is 0 Å². The Labute approximate surface area is 166 Å². The second-order valence-corrected chi connectivity index (χ2v) is 6.41. The van der Waals surface area contributed by atoms with Crippen LogP contribution in [0.1, 0.15) is 43.0 Å². The first-order chi connectivity index (χ1) is 13.6. The van der Waals surface area contributed by atoms with Gasteiger partial charge in [-0.25, -0.2) is 4.79 Å². The molecule has 0 fully saturated rings. The van der Waals surface area contributed by atoms with E-state index < -0.39 is 5.97 Å². The predicted octanol–water partition coefficient (Wildman–Crippen LogP) is 4.48. The molecule has 2 aromatic carbocycles. The van der Waals surface area contributed by atoms with Crippen LogP contribution in [0.2, 0.25) is 0 Å². The Kier molecular flexibility index (Phi) is 8.85. The molecule has 0 aliphatic heterocycles. The minimum Gasteiger partial charge on any atom is -0.494 e. The number of anilines is 2. The van der Waals surface area contributed by atoms with E-state index in [1.807, 2.05) is 24.3 Å². The zero-order valence-corrected chi connectivity index (χ0v) is 16.5. The summed E-state index contributed by atoms with van der Waals surface area (Å²) in [7, 11) is 1.33. The normalized spacial score (nSPS) is 10.2. The molecule has 0 aliphatic carbocycles. The van der Waals surface area contributed by atoms with Gasteiger partial charge in [-0.15, -0.1) is 0 Å². The fourth-order valence-electron chi connectivity index (χ4n) is 2.61. The zero-order valence-electron chi connectivity index (χ0n) is 16.5. The Hall–Kier alpha value is -3.02. The molecule has 0 atom stereocenters. The third-order valence-electron chi connectivity index (χ3n) is 4.14. The molecule has 150 valence electrons. The topological polar surface area (TPSA) is 76.7 Å². The highest BCUT2D eigenvalue weighted by Gasteiger charge is 2.06. The van der Waals surface area contributed by atoms with Crippen molar-refractivity contribution in [3.63, 3.8) is 0 Å². The van der Waals surface area contributed by atoms with Gasteiger partial charge in [0, 0.05) is 17.4 Å². The van der Waals surface area contributed by atoms with Crippen LogP contribution < -0.4 is 15.4 Å². The Bertz CT molecular complexity index is 759. The van der Waals surface area contributed by atoms with Gasteiger partial charge >= 0.3 is 5.97 Å². The molecular weight excluding hydrogens is 356 g/mol. The van der Waals surface area contributed by atoms with E-state index >= 15 is 0 Å². The molecule has 0 spiro atoms. The van der Waals surface area contributed by atoms with Crippen LogP contribution in [0.25, 0.3) is 0 Å². The third kappa shape index (κ3) is 7.31. The first kappa shape index (κ1) is 21.3. The highest BCUT2D eigenvalue weighted by molar-refractivity contribution is 5.95. The molecule has 0 aliphatic rings. The highest BCUT2D eigenvalue weighted by Crippen LogP contribution is 2.18. The summed E-state index contributed by atoms with van der Waals surface area (Å²) in [6.45, 7) is 3.01. The monoisotopic (exact) mass is 384 g/mol. The van der Waals surface area contributed by atoms with Crippen molar-refractivity contribution in [1.29, 1.82) is 0 Å². The largest absolute Gasteiger partial charge is 0.494 e. The van der Waals surface area contributed by atoms with E-state index in [1.54, 1.807) is 24.3 Å². The van der Waals surface area contributed by atoms with Gasteiger partial charge in [-0.05, 0) is 42.8 Å². The summed E-state index contributed by atoms with van der Waals surface area (Å²) in [5, 5.41) is 5.87. The van der Waals surface area contributed by atoms with Crippen LogP contribution >= 0.6 is 0 Å². The molecule has 0 heterocycles. The first-order valence-corrected chi connectivity index (χ1v) is 9.57. The fourth-order valence-corrected chi connectivity index (χ4v) is 2.61. The maximum atomic E-state index is 12.1. The summed E-state index contributed by atoms with van der Waals surface area (Å²) in [5.74, 6) is 0.198. The number of methoxy groups -OCH3 is 1. The number of rotatable bonds is 11. The minimum absolute atomic E-state index is 0.124. The van der Waals surface area contributed by atoms with E-state index in [0.717, 1.165) is 17.9 Å². The van der Waals surface area contributed by atoms with Crippen LogP contribution in [0.15, 0.2) is 48.5 Å². The average molecular weight is 384 g/mol. The van der Waals surface area contributed by atoms with Gasteiger partial charge in [-0.3, -0.25) is 4.79 Å². The van der Waals surface area contributed by atoms with Crippen molar-refractivity contribution >= 4 is 23.3 Å². The zero-order chi connectivity index (χ0) is 20.2. The lowest BCUT2D eigenvalue weighted by atomic mass is 10.2. The summed E-state index contributed by atoms with van der Waals surface area (Å²) in [5.41, 5.74) is 1.87. The SMILES string of the molecule is CCCCCCOc1cccc(NCC(=O)Nc2ccc(C(=O)OC)cc2)c1. The molecule has 2 aromatic rings. The number of carbonyl (C=O) groups is 2. The van der Waals surface area contributed by atoms with Gasteiger partial charge in [-0.1, -0.05) is 32.3 Å². The second kappa shape index (κ2) is 11.6. The first-order valence-electron chi connectivity index (χ1n) is 9.57. The molecule has 28 heavy (non-hydrogen) atoms. The van der Waals surface area contributed by atoms with Crippen molar-refractivity contribution in [2.24, 2.45) is 0 Å². The smallest absolute Gasteiger partial charge is 0.337 e. The maximum absolute atomic E-state index is 12.1. The van der Waals surface area contributed by atoms with Gasteiger partial charge in [0.15, 0.2) is 0 Å². The molecule has 0 aromatic heterocycles. The van der Waals surface area contributed by atoms with Crippen molar-refractivity contribution in [3.05, 3.63) is 54.1 Å². The molecule has 0 bridgehead atoms. The van der Waals surface area contributed by atoms with E-state index in [4.69, 9.17) is 4.74 Å². The van der Waals surface area contributed by atoms with Gasteiger partial charge in [0.05, 0.1) is 25.8 Å². The Morgan fingerprint density at radius 1 is 0.964 bits per heavy atom. The summed E-state index contributed by atoms with van der Waals surface area (Å²) >= 11 is 0. The van der Waals surface area contributed by atoms with Crippen molar-refractivity contribution in [1.82, 2.24) is 0 Å². The molecule has 1 amide bonds. The minimum atomic E-state index is -0.410. The van der Waals surface area contributed by atoms with Crippen molar-refractivity contribution in [2.45, 2.75) is 32.6 Å². The number of esters is 1. The summed E-state index contributed by atoms with van der Waals surface area (Å²) < 4.78 is 10.4. The van der Waals surface area contributed by atoms with Crippen LogP contribution in [-0.4, -0.2) is 32.1 Å². The van der Waals surface area contributed by atoms with E-state index in [0.29, 0.717) is 17.9 Å².